The summed E-state index contributed by atoms with van der Waals surface area (Å²) in [6, 6.07) is 2.10. The first-order valence-corrected chi connectivity index (χ1v) is 3.68. The minimum atomic E-state index is 1.09. The fraction of sp³-hybridized carbons (Fsp3) is 0.222. The summed E-state index contributed by atoms with van der Waals surface area (Å²) in [7, 11) is 0. The van der Waals surface area contributed by atoms with Gasteiger partial charge in [0.2, 0.25) is 0 Å². The normalized spacial score (nSPS) is 10.7. The Morgan fingerprint density at radius 1 is 1.27 bits per heavy atom. The van der Waals surface area contributed by atoms with Gasteiger partial charge >= 0.3 is 0 Å². The third-order valence-electron chi connectivity index (χ3n) is 1.96. The van der Waals surface area contributed by atoms with Gasteiger partial charge in [-0.2, -0.15) is 0 Å². The number of aryl methyl sites for hydroxylation is 2. The Morgan fingerprint density at radius 2 is 2.09 bits per heavy atom. The molecule has 2 aromatic rings. The van der Waals surface area contributed by atoms with Crippen LogP contribution in [0.3, 0.4) is 0 Å². The second-order valence-electron chi connectivity index (χ2n) is 2.77. The molecule has 0 bridgehead atoms. The zero-order chi connectivity index (χ0) is 7.84. The van der Waals surface area contributed by atoms with E-state index in [-0.39, 0.29) is 0 Å². The second kappa shape index (κ2) is 2.09. The summed E-state index contributed by atoms with van der Waals surface area (Å²) in [5, 5.41) is 0. The van der Waals surface area contributed by atoms with Gasteiger partial charge in [-0.05, 0) is 25.5 Å². The SMILES string of the molecule is Cc1ccn2ccnc(C)c12. The molecule has 0 aliphatic carbocycles. The van der Waals surface area contributed by atoms with Crippen LogP contribution in [0, 0.1) is 13.8 Å². The minimum absolute atomic E-state index is 1.09. The first-order chi connectivity index (χ1) is 5.29. The standard InChI is InChI=1S/C9H10N2/c1-7-3-5-11-6-4-10-8(2)9(7)11/h3-6H,1-2H3. The molecule has 0 aliphatic heterocycles. The lowest BCUT2D eigenvalue weighted by Crippen LogP contribution is -1.88. The van der Waals surface area contributed by atoms with Crippen molar-refractivity contribution in [1.82, 2.24) is 9.38 Å². The van der Waals surface area contributed by atoms with Crippen LogP contribution in [0.1, 0.15) is 11.3 Å². The summed E-state index contributed by atoms with van der Waals surface area (Å²) in [6.07, 6.45) is 5.84. The fourth-order valence-corrected chi connectivity index (χ4v) is 1.42. The van der Waals surface area contributed by atoms with Gasteiger partial charge in [-0.25, -0.2) is 0 Å². The lowest BCUT2D eigenvalue weighted by Gasteiger charge is -1.97. The highest BCUT2D eigenvalue weighted by Crippen LogP contribution is 2.12. The largest absolute Gasteiger partial charge is 0.320 e. The summed E-state index contributed by atoms with van der Waals surface area (Å²) in [6.45, 7) is 4.13. The summed E-state index contributed by atoms with van der Waals surface area (Å²) in [5.74, 6) is 0. The third-order valence-corrected chi connectivity index (χ3v) is 1.96. The van der Waals surface area contributed by atoms with Gasteiger partial charge in [0.05, 0.1) is 11.2 Å². The van der Waals surface area contributed by atoms with Crippen LogP contribution in [-0.2, 0) is 0 Å². The van der Waals surface area contributed by atoms with E-state index in [0.29, 0.717) is 0 Å². The van der Waals surface area contributed by atoms with E-state index in [1.54, 1.807) is 0 Å². The van der Waals surface area contributed by atoms with Crippen molar-refractivity contribution in [2.75, 3.05) is 0 Å². The lowest BCUT2D eigenvalue weighted by atomic mass is 10.3. The average molecular weight is 146 g/mol. The maximum atomic E-state index is 4.22. The van der Waals surface area contributed by atoms with Crippen LogP contribution < -0.4 is 0 Å². The molecule has 0 spiro atoms. The molecule has 0 atom stereocenters. The van der Waals surface area contributed by atoms with E-state index in [9.17, 15) is 0 Å². The molecule has 56 valence electrons. The molecular weight excluding hydrogens is 136 g/mol. The van der Waals surface area contributed by atoms with Gasteiger partial charge in [0.1, 0.15) is 0 Å². The maximum absolute atomic E-state index is 4.22. The third kappa shape index (κ3) is 0.827. The van der Waals surface area contributed by atoms with Crippen molar-refractivity contribution in [3.8, 4) is 0 Å². The fourth-order valence-electron chi connectivity index (χ4n) is 1.42. The average Bonchev–Trinajstić information content (AvgIpc) is 2.34. The van der Waals surface area contributed by atoms with Crippen molar-refractivity contribution in [1.29, 1.82) is 0 Å². The predicted octanol–water partition coefficient (Wildman–Crippen LogP) is 1.95. The van der Waals surface area contributed by atoms with E-state index >= 15 is 0 Å². The summed E-state index contributed by atoms with van der Waals surface area (Å²) in [4.78, 5) is 4.22. The first-order valence-electron chi connectivity index (χ1n) is 3.68. The molecule has 0 unspecified atom stereocenters. The minimum Gasteiger partial charge on any atom is -0.320 e. The van der Waals surface area contributed by atoms with Gasteiger partial charge in [-0.15, -0.1) is 0 Å². The smallest absolute Gasteiger partial charge is 0.0693 e. The highest BCUT2D eigenvalue weighted by atomic mass is 14.9. The van der Waals surface area contributed by atoms with Gasteiger partial charge in [0, 0.05) is 18.6 Å². The topological polar surface area (TPSA) is 17.3 Å². The van der Waals surface area contributed by atoms with E-state index in [0.717, 1.165) is 5.69 Å². The van der Waals surface area contributed by atoms with Gasteiger partial charge < -0.3 is 4.40 Å². The van der Waals surface area contributed by atoms with Crippen LogP contribution in [-0.4, -0.2) is 9.38 Å². The molecule has 2 aromatic heterocycles. The van der Waals surface area contributed by atoms with Crippen LogP contribution in [0.25, 0.3) is 5.52 Å². The number of nitrogens with zero attached hydrogens (tertiary/aromatic N) is 2. The molecule has 0 aromatic carbocycles. The van der Waals surface area contributed by atoms with Gasteiger partial charge in [-0.3, -0.25) is 4.98 Å². The lowest BCUT2D eigenvalue weighted by molar-refractivity contribution is 1.09. The molecule has 2 heterocycles. The molecule has 0 saturated heterocycles. The molecule has 2 heteroatoms. The molecule has 2 rings (SSSR count). The van der Waals surface area contributed by atoms with E-state index in [1.807, 2.05) is 19.3 Å². The predicted molar refractivity (Wildman–Crippen MR) is 44.7 cm³/mol. The first kappa shape index (κ1) is 6.40. The summed E-state index contributed by atoms with van der Waals surface area (Å²) in [5.41, 5.74) is 3.61. The number of hydrogen-bond donors (Lipinski definition) is 0. The van der Waals surface area contributed by atoms with Crippen molar-refractivity contribution >= 4 is 5.52 Å². The van der Waals surface area contributed by atoms with Crippen LogP contribution in [0.4, 0.5) is 0 Å². The van der Waals surface area contributed by atoms with E-state index in [1.165, 1.54) is 11.1 Å². The molecule has 0 fully saturated rings. The maximum Gasteiger partial charge on any atom is 0.0693 e. The van der Waals surface area contributed by atoms with Gasteiger partial charge in [-0.1, -0.05) is 0 Å². The van der Waals surface area contributed by atoms with E-state index in [4.69, 9.17) is 0 Å². The molecule has 2 nitrogen and oxygen atoms in total. The molecule has 0 N–H and O–H groups in total. The summed E-state index contributed by atoms with van der Waals surface area (Å²) < 4.78 is 2.09. The number of fused-ring (bicyclic) bond motifs is 1. The second-order valence-corrected chi connectivity index (χ2v) is 2.77. The van der Waals surface area contributed by atoms with Crippen molar-refractivity contribution < 1.29 is 0 Å². The number of hydrogen-bond acceptors (Lipinski definition) is 1. The highest BCUT2D eigenvalue weighted by Gasteiger charge is 1.99. The monoisotopic (exact) mass is 146 g/mol. The Balaban J connectivity index is 2.96. The van der Waals surface area contributed by atoms with Crippen LogP contribution in [0.2, 0.25) is 0 Å². The zero-order valence-corrected chi connectivity index (χ0v) is 6.70. The van der Waals surface area contributed by atoms with Gasteiger partial charge in [0.15, 0.2) is 0 Å². The van der Waals surface area contributed by atoms with Crippen LogP contribution in [0.15, 0.2) is 24.7 Å². The highest BCUT2D eigenvalue weighted by molar-refractivity contribution is 5.58. The van der Waals surface area contributed by atoms with Crippen LogP contribution >= 0.6 is 0 Å². The van der Waals surface area contributed by atoms with Crippen molar-refractivity contribution in [3.63, 3.8) is 0 Å². The van der Waals surface area contributed by atoms with E-state index in [2.05, 4.69) is 28.6 Å². The Labute approximate surface area is 65.5 Å². The Kier molecular flexibility index (Phi) is 1.22. The van der Waals surface area contributed by atoms with E-state index < -0.39 is 0 Å². The molecular formula is C9H10N2. The van der Waals surface area contributed by atoms with Gasteiger partial charge in [0.25, 0.3) is 0 Å². The Bertz CT molecular complexity index is 387. The van der Waals surface area contributed by atoms with Crippen molar-refractivity contribution in [3.05, 3.63) is 35.9 Å². The van der Waals surface area contributed by atoms with Crippen molar-refractivity contribution in [2.24, 2.45) is 0 Å². The quantitative estimate of drug-likeness (QED) is 0.555. The number of rotatable bonds is 0. The summed E-state index contributed by atoms with van der Waals surface area (Å²) >= 11 is 0. The van der Waals surface area contributed by atoms with Crippen molar-refractivity contribution in [2.45, 2.75) is 13.8 Å². The molecule has 0 saturated carbocycles. The Morgan fingerprint density at radius 3 is 2.82 bits per heavy atom. The zero-order valence-electron chi connectivity index (χ0n) is 6.70. The molecule has 0 amide bonds. The molecule has 0 aliphatic rings. The number of aromatic nitrogens is 2. The van der Waals surface area contributed by atoms with Crippen LogP contribution in [0.5, 0.6) is 0 Å². The Hall–Kier alpha value is -1.31. The molecule has 0 radical (unpaired) electrons. The molecule has 11 heavy (non-hydrogen) atoms.